The molecule has 0 radical (unpaired) electrons. The van der Waals surface area contributed by atoms with E-state index in [4.69, 9.17) is 5.21 Å². The van der Waals surface area contributed by atoms with E-state index in [9.17, 15) is 0 Å². The Morgan fingerprint density at radius 3 is 2.38 bits per heavy atom. The minimum absolute atomic E-state index is 0.639. The quantitative estimate of drug-likeness (QED) is 0.288. The molecule has 1 unspecified atom stereocenters. The number of hydroxylamine groups is 1. The zero-order valence-corrected chi connectivity index (χ0v) is 5.39. The highest BCUT2D eigenvalue weighted by molar-refractivity contribution is 4.70. The van der Waals surface area contributed by atoms with E-state index in [2.05, 4.69) is 19.6 Å². The minimum atomic E-state index is 0.639. The Balaban J connectivity index is 2.17. The van der Waals surface area contributed by atoms with Gasteiger partial charge in [-0.3, -0.25) is 0 Å². The molecule has 1 fully saturated rings. The van der Waals surface area contributed by atoms with E-state index >= 15 is 0 Å². The molecule has 1 heterocycles. The summed E-state index contributed by atoms with van der Waals surface area (Å²) in [4.78, 5) is 0. The molecule has 1 aliphatic rings. The lowest BCUT2D eigenvalue weighted by atomic mass is 10.5. The summed E-state index contributed by atoms with van der Waals surface area (Å²) in [6.45, 7) is 1.92. The standard InChI is InChI=1S/C5H13N2O/c1-7(2)4-5(7)3-6-8/h5-6,8H,3-4H2,1-2H3/q+1. The molecular formula is C5H13N2O+. The van der Waals surface area contributed by atoms with Gasteiger partial charge in [0, 0.05) is 0 Å². The molecule has 1 aliphatic heterocycles. The van der Waals surface area contributed by atoms with Gasteiger partial charge in [-0.15, -0.1) is 0 Å². The minimum Gasteiger partial charge on any atom is -0.317 e. The van der Waals surface area contributed by atoms with Crippen LogP contribution in [0, 0.1) is 0 Å². The number of nitrogens with one attached hydrogen (secondary N) is 1. The summed E-state index contributed by atoms with van der Waals surface area (Å²) in [5.74, 6) is 0. The Morgan fingerprint density at radius 1 is 1.75 bits per heavy atom. The largest absolute Gasteiger partial charge is 0.317 e. The van der Waals surface area contributed by atoms with Crippen LogP contribution in [-0.2, 0) is 0 Å². The average molecular weight is 117 g/mol. The molecule has 0 spiro atoms. The van der Waals surface area contributed by atoms with Crippen LogP contribution >= 0.6 is 0 Å². The highest BCUT2D eigenvalue weighted by Gasteiger charge is 2.46. The summed E-state index contributed by atoms with van der Waals surface area (Å²) in [5.41, 5.74) is 2.17. The van der Waals surface area contributed by atoms with Gasteiger partial charge in [0.25, 0.3) is 0 Å². The van der Waals surface area contributed by atoms with E-state index in [0.29, 0.717) is 6.04 Å². The zero-order valence-electron chi connectivity index (χ0n) is 5.39. The Hall–Kier alpha value is -0.120. The number of hydrogen-bond donors (Lipinski definition) is 2. The second-order valence-corrected chi connectivity index (χ2v) is 2.98. The number of hydrogen-bond acceptors (Lipinski definition) is 2. The van der Waals surface area contributed by atoms with E-state index in [1.54, 1.807) is 0 Å². The smallest absolute Gasteiger partial charge is 0.153 e. The van der Waals surface area contributed by atoms with Crippen molar-refractivity contribution in [1.29, 1.82) is 0 Å². The molecule has 2 N–H and O–H groups in total. The molecule has 1 atom stereocenters. The van der Waals surface area contributed by atoms with Crippen LogP contribution in [0.1, 0.15) is 0 Å². The number of quaternary nitrogens is 1. The first-order chi connectivity index (χ1) is 3.67. The van der Waals surface area contributed by atoms with Crippen LogP contribution in [0.3, 0.4) is 0 Å². The van der Waals surface area contributed by atoms with Crippen molar-refractivity contribution in [3.63, 3.8) is 0 Å². The lowest BCUT2D eigenvalue weighted by molar-refractivity contribution is -0.768. The normalized spacial score (nSPS) is 32.6. The summed E-state index contributed by atoms with van der Waals surface area (Å²) in [5, 5.41) is 8.25. The predicted molar refractivity (Wildman–Crippen MR) is 30.6 cm³/mol. The molecule has 48 valence electrons. The SMILES string of the molecule is C[N+]1(C)CC1CNO. The molecule has 8 heavy (non-hydrogen) atoms. The lowest BCUT2D eigenvalue weighted by Crippen LogP contribution is -2.24. The Kier molecular flexibility index (Phi) is 1.27. The molecule has 1 saturated heterocycles. The Bertz CT molecular complexity index is 92.4. The first kappa shape index (κ1) is 6.01. The fraction of sp³-hybridized carbons (Fsp3) is 1.00. The van der Waals surface area contributed by atoms with Crippen LogP contribution in [0.15, 0.2) is 0 Å². The van der Waals surface area contributed by atoms with Crippen LogP contribution in [-0.4, -0.2) is 42.9 Å². The number of nitrogens with zero attached hydrogens (tertiary/aromatic N) is 1. The monoisotopic (exact) mass is 117 g/mol. The average Bonchev–Trinajstić information content (AvgIpc) is 2.15. The van der Waals surface area contributed by atoms with Crippen molar-refractivity contribution in [3.05, 3.63) is 0 Å². The maximum absolute atomic E-state index is 8.25. The Morgan fingerprint density at radius 2 is 2.25 bits per heavy atom. The molecule has 0 aromatic rings. The molecule has 0 bridgehead atoms. The van der Waals surface area contributed by atoms with Gasteiger partial charge in [0.1, 0.15) is 6.54 Å². The second-order valence-electron chi connectivity index (χ2n) is 2.98. The molecular weight excluding hydrogens is 104 g/mol. The number of rotatable bonds is 2. The van der Waals surface area contributed by atoms with Crippen molar-refractivity contribution in [1.82, 2.24) is 5.48 Å². The molecule has 0 amide bonds. The van der Waals surface area contributed by atoms with E-state index in [1.165, 1.54) is 6.54 Å². The van der Waals surface area contributed by atoms with Crippen molar-refractivity contribution >= 4 is 0 Å². The van der Waals surface area contributed by atoms with Gasteiger partial charge < -0.3 is 9.69 Å². The van der Waals surface area contributed by atoms with Gasteiger partial charge in [0.2, 0.25) is 0 Å². The molecule has 0 saturated carbocycles. The van der Waals surface area contributed by atoms with Crippen LogP contribution in [0.25, 0.3) is 0 Å². The summed E-state index contributed by atoms with van der Waals surface area (Å²) in [7, 11) is 4.31. The topological polar surface area (TPSA) is 32.3 Å². The Labute approximate surface area is 49.5 Å². The molecule has 3 nitrogen and oxygen atoms in total. The van der Waals surface area contributed by atoms with E-state index in [1.807, 2.05) is 0 Å². The predicted octanol–water partition coefficient (Wildman–Crippen LogP) is -0.576. The first-order valence-corrected chi connectivity index (χ1v) is 2.86. The maximum Gasteiger partial charge on any atom is 0.153 e. The van der Waals surface area contributed by atoms with E-state index in [-0.39, 0.29) is 0 Å². The van der Waals surface area contributed by atoms with Crippen LogP contribution < -0.4 is 5.48 Å². The van der Waals surface area contributed by atoms with Gasteiger partial charge in [-0.2, -0.15) is 5.48 Å². The lowest BCUT2D eigenvalue weighted by Gasteiger charge is -2.03. The van der Waals surface area contributed by atoms with Crippen LogP contribution in [0.4, 0.5) is 0 Å². The fourth-order valence-electron chi connectivity index (χ4n) is 0.913. The van der Waals surface area contributed by atoms with E-state index in [0.717, 1.165) is 11.0 Å². The van der Waals surface area contributed by atoms with Gasteiger partial charge in [0.05, 0.1) is 20.6 Å². The van der Waals surface area contributed by atoms with Crippen molar-refractivity contribution < 1.29 is 9.69 Å². The molecule has 0 aromatic heterocycles. The summed E-state index contributed by atoms with van der Waals surface area (Å²) >= 11 is 0. The van der Waals surface area contributed by atoms with Crippen LogP contribution in [0.2, 0.25) is 0 Å². The molecule has 0 aromatic carbocycles. The second kappa shape index (κ2) is 1.69. The first-order valence-electron chi connectivity index (χ1n) is 2.86. The van der Waals surface area contributed by atoms with Crippen molar-refractivity contribution in [3.8, 4) is 0 Å². The third-order valence-electron chi connectivity index (χ3n) is 1.86. The zero-order chi connectivity index (χ0) is 6.20. The van der Waals surface area contributed by atoms with Gasteiger partial charge >= 0.3 is 0 Å². The van der Waals surface area contributed by atoms with Crippen molar-refractivity contribution in [2.45, 2.75) is 6.04 Å². The van der Waals surface area contributed by atoms with Gasteiger partial charge in [0.15, 0.2) is 6.04 Å². The fourth-order valence-corrected chi connectivity index (χ4v) is 0.913. The summed E-state index contributed by atoms with van der Waals surface area (Å²) in [6.07, 6.45) is 0. The summed E-state index contributed by atoms with van der Waals surface area (Å²) in [6, 6.07) is 0.639. The molecule has 3 heteroatoms. The van der Waals surface area contributed by atoms with E-state index < -0.39 is 0 Å². The summed E-state index contributed by atoms with van der Waals surface area (Å²) < 4.78 is 1.05. The number of likely N-dealkylation sites (N-methyl/N-ethyl adjacent to an activating group) is 1. The van der Waals surface area contributed by atoms with Crippen LogP contribution in [0.5, 0.6) is 0 Å². The van der Waals surface area contributed by atoms with Crippen molar-refractivity contribution in [2.24, 2.45) is 0 Å². The highest BCUT2D eigenvalue weighted by Crippen LogP contribution is 2.22. The van der Waals surface area contributed by atoms with Gasteiger partial charge in [-0.05, 0) is 0 Å². The maximum atomic E-state index is 8.25. The highest BCUT2D eigenvalue weighted by atomic mass is 16.5. The molecule has 1 rings (SSSR count). The van der Waals surface area contributed by atoms with Gasteiger partial charge in [-0.25, -0.2) is 0 Å². The van der Waals surface area contributed by atoms with Gasteiger partial charge in [-0.1, -0.05) is 0 Å². The molecule has 0 aliphatic carbocycles. The third kappa shape index (κ3) is 0.992. The third-order valence-corrected chi connectivity index (χ3v) is 1.86. The van der Waals surface area contributed by atoms with Crippen molar-refractivity contribution in [2.75, 3.05) is 27.2 Å².